The lowest BCUT2D eigenvalue weighted by molar-refractivity contribution is 0.297. The molecule has 0 amide bonds. The molecule has 128 valence electrons. The molecule has 1 aromatic carbocycles. The summed E-state index contributed by atoms with van der Waals surface area (Å²) in [6, 6.07) is 4.29. The van der Waals surface area contributed by atoms with E-state index in [-0.39, 0.29) is 22.6 Å². The number of oxime groups is 1. The first-order valence-corrected chi connectivity index (χ1v) is 8.89. The molecule has 1 aliphatic rings. The Hall–Kier alpha value is -1.53. The lowest BCUT2D eigenvalue weighted by Crippen LogP contribution is -2.24. The molecule has 1 saturated heterocycles. The van der Waals surface area contributed by atoms with E-state index in [2.05, 4.69) is 30.2 Å². The molecule has 1 aliphatic heterocycles. The maximum atomic E-state index is 13.2. The van der Waals surface area contributed by atoms with Gasteiger partial charge in [0.15, 0.2) is 10.7 Å². The van der Waals surface area contributed by atoms with Crippen molar-refractivity contribution < 1.29 is 14.2 Å². The number of hydrogen-bond acceptors (Lipinski definition) is 9. The van der Waals surface area contributed by atoms with Gasteiger partial charge in [0, 0.05) is 36.2 Å². The average Bonchev–Trinajstić information content (AvgIpc) is 3.25. The van der Waals surface area contributed by atoms with Gasteiger partial charge in [-0.15, -0.1) is 0 Å². The summed E-state index contributed by atoms with van der Waals surface area (Å²) >= 11 is 8.59. The van der Waals surface area contributed by atoms with Gasteiger partial charge in [0.1, 0.15) is 5.82 Å². The van der Waals surface area contributed by atoms with Crippen LogP contribution in [0.3, 0.4) is 0 Å². The number of benzene rings is 1. The second-order valence-electron chi connectivity index (χ2n) is 4.70. The van der Waals surface area contributed by atoms with Crippen molar-refractivity contribution in [3.05, 3.63) is 34.7 Å². The number of nitrogens with one attached hydrogen (secondary N) is 3. The summed E-state index contributed by atoms with van der Waals surface area (Å²) in [6.45, 7) is 0.825. The Morgan fingerprint density at radius 2 is 2.46 bits per heavy atom. The molecule has 1 fully saturated rings. The summed E-state index contributed by atoms with van der Waals surface area (Å²) < 4.78 is 24.3. The molecule has 0 spiro atoms. The van der Waals surface area contributed by atoms with Gasteiger partial charge < -0.3 is 10.5 Å². The number of anilines is 1. The van der Waals surface area contributed by atoms with Gasteiger partial charge in [-0.3, -0.25) is 0 Å². The lowest BCUT2D eigenvalue weighted by Gasteiger charge is -2.08. The number of rotatable bonds is 5. The van der Waals surface area contributed by atoms with E-state index in [1.54, 1.807) is 0 Å². The van der Waals surface area contributed by atoms with Gasteiger partial charge in [0.25, 0.3) is 0 Å². The summed E-state index contributed by atoms with van der Waals surface area (Å²) in [4.78, 5) is 0. The minimum atomic E-state index is -0.542. The predicted octanol–water partition coefficient (Wildman–Crippen LogP) is 2.33. The van der Waals surface area contributed by atoms with Crippen molar-refractivity contribution in [1.29, 1.82) is 0 Å². The second kappa shape index (κ2) is 8.03. The third-order valence-electron chi connectivity index (χ3n) is 3.01. The zero-order chi connectivity index (χ0) is 16.9. The van der Waals surface area contributed by atoms with E-state index in [9.17, 15) is 9.60 Å². The van der Waals surface area contributed by atoms with Gasteiger partial charge in [-0.25, -0.2) is 18.5 Å². The molecule has 12 heteroatoms. The second-order valence-corrected chi connectivity index (χ2v) is 6.84. The first kappa shape index (κ1) is 17.3. The summed E-state index contributed by atoms with van der Waals surface area (Å²) in [5, 5.41) is 23.3. The van der Waals surface area contributed by atoms with Crippen LogP contribution in [0.15, 0.2) is 33.0 Å². The van der Waals surface area contributed by atoms with E-state index in [4.69, 9.17) is 16.2 Å². The number of nitrogens with zero attached hydrogens (tertiary/aromatic N) is 3. The van der Waals surface area contributed by atoms with Crippen LogP contribution < -0.4 is 14.8 Å². The minimum absolute atomic E-state index is 0.0216. The van der Waals surface area contributed by atoms with Crippen molar-refractivity contribution in [2.45, 2.75) is 11.1 Å². The molecule has 1 aromatic heterocycles. The van der Waals surface area contributed by atoms with E-state index in [0.717, 1.165) is 12.3 Å². The molecule has 2 aromatic rings. The van der Waals surface area contributed by atoms with Crippen LogP contribution in [-0.4, -0.2) is 39.7 Å². The van der Waals surface area contributed by atoms with Crippen LogP contribution in [0.25, 0.3) is 0 Å². The van der Waals surface area contributed by atoms with Gasteiger partial charge >= 0.3 is 0 Å². The van der Waals surface area contributed by atoms with E-state index in [0.29, 0.717) is 10.7 Å². The summed E-state index contributed by atoms with van der Waals surface area (Å²) in [7, 11) is 0. The maximum Gasteiger partial charge on any atom is 0.202 e. The van der Waals surface area contributed by atoms with Gasteiger partial charge in [0.2, 0.25) is 5.84 Å². The third-order valence-corrected chi connectivity index (χ3v) is 5.18. The third kappa shape index (κ3) is 4.11. The van der Waals surface area contributed by atoms with Crippen LogP contribution in [-0.2, 0) is 0 Å². The summed E-state index contributed by atoms with van der Waals surface area (Å²) in [6.07, 6.45) is 0. The topological polar surface area (TPSA) is 108 Å². The molecule has 2 heterocycles. The highest BCUT2D eigenvalue weighted by atomic mass is 35.5. The van der Waals surface area contributed by atoms with Crippen LogP contribution in [0.2, 0.25) is 5.02 Å². The number of thioether (sulfide) groups is 1. The van der Waals surface area contributed by atoms with E-state index in [1.165, 1.54) is 42.1 Å². The van der Waals surface area contributed by atoms with Crippen LogP contribution in [0.4, 0.5) is 10.1 Å². The molecular weight excluding hydrogens is 379 g/mol. The van der Waals surface area contributed by atoms with Crippen molar-refractivity contribution in [3.8, 4) is 0 Å². The highest BCUT2D eigenvalue weighted by molar-refractivity contribution is 7.99. The quantitative estimate of drug-likeness (QED) is 0.153. The first-order valence-electron chi connectivity index (χ1n) is 6.71. The summed E-state index contributed by atoms with van der Waals surface area (Å²) in [5.41, 5.74) is 0.688. The molecule has 3 rings (SSSR count). The molecule has 24 heavy (non-hydrogen) atoms. The minimum Gasteiger partial charge on any atom is -0.409 e. The standard InChI is InChI=1S/C12H12ClFN6O2S2/c13-8-3-6(1-2-9(8)14)16-11(17-21)10-12(19-22-18-10)23-5-7-4-15-24-20-7/h1-3,7,15,20-21H,4-5H2,(H,16,17). The monoisotopic (exact) mass is 390 g/mol. The van der Waals surface area contributed by atoms with Crippen LogP contribution in [0.1, 0.15) is 5.69 Å². The largest absolute Gasteiger partial charge is 0.409 e. The Kier molecular flexibility index (Phi) is 5.79. The molecule has 1 unspecified atom stereocenters. The molecular formula is C12H12ClFN6O2S2. The first-order chi connectivity index (χ1) is 11.7. The average molecular weight is 391 g/mol. The smallest absolute Gasteiger partial charge is 0.202 e. The number of amidine groups is 1. The van der Waals surface area contributed by atoms with Gasteiger partial charge in [-0.2, -0.15) is 0 Å². The Labute approximate surface area is 149 Å². The molecule has 4 N–H and O–H groups in total. The van der Waals surface area contributed by atoms with Gasteiger partial charge in [-0.05, 0) is 28.5 Å². The highest BCUT2D eigenvalue weighted by Crippen LogP contribution is 2.24. The van der Waals surface area contributed by atoms with Gasteiger partial charge in [-0.1, -0.05) is 28.5 Å². The normalized spacial score (nSPS) is 18.1. The zero-order valence-electron chi connectivity index (χ0n) is 12.0. The SMILES string of the molecule is O/N=C(\Nc1ccc(F)c(Cl)c1)c1nonc1SCC1CNSN1. The van der Waals surface area contributed by atoms with E-state index in [1.807, 2.05) is 0 Å². The van der Waals surface area contributed by atoms with Crippen molar-refractivity contribution in [3.63, 3.8) is 0 Å². The lowest BCUT2D eigenvalue weighted by atomic mass is 10.3. The fourth-order valence-corrected chi connectivity index (χ4v) is 3.75. The fraction of sp³-hybridized carbons (Fsp3) is 0.250. The molecule has 0 bridgehead atoms. The Morgan fingerprint density at radius 3 is 3.17 bits per heavy atom. The molecule has 0 radical (unpaired) electrons. The Morgan fingerprint density at radius 1 is 1.58 bits per heavy atom. The van der Waals surface area contributed by atoms with E-state index >= 15 is 0 Å². The summed E-state index contributed by atoms with van der Waals surface area (Å²) in [5.74, 6) is 0.204. The predicted molar refractivity (Wildman–Crippen MR) is 90.9 cm³/mol. The van der Waals surface area contributed by atoms with Gasteiger partial charge in [0.05, 0.1) is 5.02 Å². The molecule has 8 nitrogen and oxygen atoms in total. The molecule has 0 saturated carbocycles. The van der Waals surface area contributed by atoms with Crippen LogP contribution >= 0.6 is 35.5 Å². The Bertz CT molecular complexity index is 740. The van der Waals surface area contributed by atoms with Crippen molar-refractivity contribution >= 4 is 47.0 Å². The van der Waals surface area contributed by atoms with E-state index < -0.39 is 5.82 Å². The molecule has 0 aliphatic carbocycles. The van der Waals surface area contributed by atoms with Crippen LogP contribution in [0.5, 0.6) is 0 Å². The molecule has 1 atom stereocenters. The van der Waals surface area contributed by atoms with Crippen molar-refractivity contribution in [1.82, 2.24) is 19.8 Å². The van der Waals surface area contributed by atoms with Crippen molar-refractivity contribution in [2.75, 3.05) is 17.6 Å². The Balaban J connectivity index is 1.71. The fourth-order valence-electron chi connectivity index (χ4n) is 1.84. The maximum absolute atomic E-state index is 13.2. The highest BCUT2D eigenvalue weighted by Gasteiger charge is 2.21. The number of halogens is 2. The zero-order valence-corrected chi connectivity index (χ0v) is 14.4. The van der Waals surface area contributed by atoms with Crippen LogP contribution in [0, 0.1) is 5.82 Å². The van der Waals surface area contributed by atoms with Crippen molar-refractivity contribution in [2.24, 2.45) is 5.16 Å². The number of aromatic nitrogens is 2. The number of hydrogen-bond donors (Lipinski definition) is 4.